The third kappa shape index (κ3) is 6.16. The fraction of sp³-hybridized carbons (Fsp3) is 0.478. The highest BCUT2D eigenvalue weighted by atomic mass is 16.6. The number of carbonyl (C=O) groups excluding carboxylic acids is 2. The Balaban J connectivity index is 1.56. The molecule has 1 aliphatic heterocycles. The maximum absolute atomic E-state index is 12.9. The molecule has 1 aromatic heterocycles. The lowest BCUT2D eigenvalue weighted by Gasteiger charge is -2.26. The lowest BCUT2D eigenvalue weighted by Crippen LogP contribution is -2.40. The molecule has 2 aromatic rings. The smallest absolute Gasteiger partial charge is 0.410 e. The van der Waals surface area contributed by atoms with E-state index >= 15 is 0 Å². The number of carbonyl (C=O) groups is 2. The molecule has 0 atom stereocenters. The zero-order valence-corrected chi connectivity index (χ0v) is 18.6. The molecule has 1 fully saturated rings. The number of rotatable bonds is 5. The number of nitrogens with zero attached hydrogens (tertiary/aromatic N) is 2. The Morgan fingerprint density at radius 3 is 2.35 bits per heavy atom. The van der Waals surface area contributed by atoms with Crippen molar-refractivity contribution in [1.29, 1.82) is 0 Å². The molecule has 31 heavy (non-hydrogen) atoms. The van der Waals surface area contributed by atoms with Gasteiger partial charge in [-0.25, -0.2) is 4.79 Å². The van der Waals surface area contributed by atoms with Crippen LogP contribution in [0.1, 0.15) is 43.5 Å². The van der Waals surface area contributed by atoms with Crippen molar-refractivity contribution in [3.05, 3.63) is 47.9 Å². The summed E-state index contributed by atoms with van der Waals surface area (Å²) < 4.78 is 22.2. The van der Waals surface area contributed by atoms with E-state index in [4.69, 9.17) is 18.6 Å². The van der Waals surface area contributed by atoms with Crippen molar-refractivity contribution in [3.8, 4) is 11.5 Å². The Bertz CT molecular complexity index is 901. The van der Waals surface area contributed by atoms with Crippen LogP contribution in [-0.4, -0.2) is 60.7 Å². The predicted octanol–water partition coefficient (Wildman–Crippen LogP) is 3.95. The van der Waals surface area contributed by atoms with E-state index in [9.17, 15) is 9.59 Å². The number of para-hydroxylation sites is 2. The first-order chi connectivity index (χ1) is 14.8. The first-order valence-corrected chi connectivity index (χ1v) is 10.4. The Hall–Kier alpha value is -3.16. The van der Waals surface area contributed by atoms with Gasteiger partial charge >= 0.3 is 6.09 Å². The van der Waals surface area contributed by atoms with Crippen LogP contribution in [0.5, 0.6) is 11.5 Å². The maximum Gasteiger partial charge on any atom is 0.410 e. The van der Waals surface area contributed by atoms with Gasteiger partial charge < -0.3 is 28.4 Å². The van der Waals surface area contributed by atoms with E-state index in [0.717, 1.165) is 0 Å². The molecule has 0 spiro atoms. The number of amides is 2. The van der Waals surface area contributed by atoms with Crippen LogP contribution < -0.4 is 9.47 Å². The Morgan fingerprint density at radius 1 is 0.968 bits per heavy atom. The summed E-state index contributed by atoms with van der Waals surface area (Å²) >= 11 is 0. The minimum absolute atomic E-state index is 0.181. The van der Waals surface area contributed by atoms with Crippen LogP contribution >= 0.6 is 0 Å². The van der Waals surface area contributed by atoms with Crippen LogP contribution in [-0.2, 0) is 11.3 Å². The summed E-state index contributed by atoms with van der Waals surface area (Å²) in [5.74, 6) is 1.83. The molecular formula is C23H30N2O6. The second-order valence-corrected chi connectivity index (χ2v) is 8.32. The highest BCUT2D eigenvalue weighted by Crippen LogP contribution is 2.27. The fourth-order valence-electron chi connectivity index (χ4n) is 3.24. The standard InChI is InChI=1S/C23H30N2O6/c1-23(2,3)31-22(27)25-13-7-12-24(14-15-25)21(26)20-11-10-17(30-20)16-29-19-9-6-5-8-18(19)28-4/h5-6,8-11H,7,12-16H2,1-4H3. The van der Waals surface area contributed by atoms with Crippen LogP contribution in [0.15, 0.2) is 40.8 Å². The number of ether oxygens (including phenoxy) is 3. The van der Waals surface area contributed by atoms with Gasteiger partial charge in [-0.1, -0.05) is 12.1 Å². The highest BCUT2D eigenvalue weighted by molar-refractivity contribution is 5.91. The van der Waals surface area contributed by atoms with Crippen molar-refractivity contribution in [1.82, 2.24) is 9.80 Å². The van der Waals surface area contributed by atoms with Gasteiger partial charge in [0.2, 0.25) is 0 Å². The molecule has 0 saturated carbocycles. The average molecular weight is 431 g/mol. The minimum Gasteiger partial charge on any atom is -0.493 e. The molecule has 1 aromatic carbocycles. The normalized spacial score (nSPS) is 14.7. The SMILES string of the molecule is COc1ccccc1OCc1ccc(C(=O)N2CCCN(C(=O)OC(C)(C)C)CC2)o1. The lowest BCUT2D eigenvalue weighted by molar-refractivity contribution is 0.0255. The van der Waals surface area contributed by atoms with Crippen molar-refractivity contribution < 1.29 is 28.2 Å². The average Bonchev–Trinajstić information content (AvgIpc) is 3.06. The van der Waals surface area contributed by atoms with Crippen molar-refractivity contribution in [2.45, 2.75) is 39.4 Å². The molecule has 2 heterocycles. The third-order valence-electron chi connectivity index (χ3n) is 4.75. The van der Waals surface area contributed by atoms with Crippen LogP contribution in [0.4, 0.5) is 4.79 Å². The molecule has 2 amide bonds. The molecule has 1 saturated heterocycles. The van der Waals surface area contributed by atoms with Gasteiger partial charge in [0.05, 0.1) is 7.11 Å². The summed E-state index contributed by atoms with van der Waals surface area (Å²) in [6.45, 7) is 7.64. The van der Waals surface area contributed by atoms with E-state index in [1.807, 2.05) is 45.0 Å². The van der Waals surface area contributed by atoms with E-state index < -0.39 is 5.60 Å². The van der Waals surface area contributed by atoms with Crippen LogP contribution in [0.25, 0.3) is 0 Å². The molecular weight excluding hydrogens is 400 g/mol. The van der Waals surface area contributed by atoms with E-state index in [0.29, 0.717) is 49.9 Å². The van der Waals surface area contributed by atoms with Gasteiger partial charge in [0.1, 0.15) is 18.0 Å². The van der Waals surface area contributed by atoms with E-state index in [-0.39, 0.29) is 24.4 Å². The number of hydrogen-bond donors (Lipinski definition) is 0. The van der Waals surface area contributed by atoms with Gasteiger partial charge in [-0.3, -0.25) is 4.79 Å². The summed E-state index contributed by atoms with van der Waals surface area (Å²) in [5, 5.41) is 0. The molecule has 168 valence electrons. The number of methoxy groups -OCH3 is 1. The molecule has 0 radical (unpaired) electrons. The van der Waals surface area contributed by atoms with Gasteiger partial charge in [-0.2, -0.15) is 0 Å². The summed E-state index contributed by atoms with van der Waals surface area (Å²) in [5.41, 5.74) is -0.546. The predicted molar refractivity (Wildman–Crippen MR) is 114 cm³/mol. The van der Waals surface area contributed by atoms with Crippen LogP contribution in [0.2, 0.25) is 0 Å². The summed E-state index contributed by atoms with van der Waals surface area (Å²) in [4.78, 5) is 28.5. The second-order valence-electron chi connectivity index (χ2n) is 8.32. The Labute approximate surface area is 182 Å². The van der Waals surface area contributed by atoms with E-state index in [1.54, 1.807) is 29.0 Å². The molecule has 0 unspecified atom stereocenters. The maximum atomic E-state index is 12.9. The fourth-order valence-corrected chi connectivity index (χ4v) is 3.24. The summed E-state index contributed by atoms with van der Waals surface area (Å²) in [6.07, 6.45) is 0.325. The summed E-state index contributed by atoms with van der Waals surface area (Å²) in [7, 11) is 1.58. The number of hydrogen-bond acceptors (Lipinski definition) is 6. The van der Waals surface area contributed by atoms with E-state index in [2.05, 4.69) is 0 Å². The molecule has 3 rings (SSSR count). The van der Waals surface area contributed by atoms with Gasteiger partial charge in [0.25, 0.3) is 5.91 Å². The third-order valence-corrected chi connectivity index (χ3v) is 4.75. The van der Waals surface area contributed by atoms with Crippen molar-refractivity contribution in [2.75, 3.05) is 33.3 Å². The molecule has 1 aliphatic rings. The first-order valence-electron chi connectivity index (χ1n) is 10.4. The largest absolute Gasteiger partial charge is 0.493 e. The van der Waals surface area contributed by atoms with Crippen molar-refractivity contribution >= 4 is 12.0 Å². The number of furan rings is 1. The molecule has 0 N–H and O–H groups in total. The Morgan fingerprint density at radius 2 is 1.65 bits per heavy atom. The molecule has 0 bridgehead atoms. The minimum atomic E-state index is -0.546. The first kappa shape index (κ1) is 22.5. The topological polar surface area (TPSA) is 81.5 Å². The zero-order valence-electron chi connectivity index (χ0n) is 18.6. The van der Waals surface area contributed by atoms with E-state index in [1.165, 1.54) is 0 Å². The van der Waals surface area contributed by atoms with Gasteiger partial charge in [0, 0.05) is 26.2 Å². The van der Waals surface area contributed by atoms with Gasteiger partial charge in [0.15, 0.2) is 17.3 Å². The monoisotopic (exact) mass is 430 g/mol. The second kappa shape index (κ2) is 9.76. The summed E-state index contributed by atoms with van der Waals surface area (Å²) in [6, 6.07) is 10.7. The number of benzene rings is 1. The Kier molecular flexibility index (Phi) is 7.09. The molecule has 0 aliphatic carbocycles. The molecule has 8 nitrogen and oxygen atoms in total. The van der Waals surface area contributed by atoms with Crippen LogP contribution in [0, 0.1) is 0 Å². The van der Waals surface area contributed by atoms with Gasteiger partial charge in [-0.05, 0) is 51.5 Å². The zero-order chi connectivity index (χ0) is 22.4. The lowest BCUT2D eigenvalue weighted by atomic mass is 10.2. The van der Waals surface area contributed by atoms with Crippen LogP contribution in [0.3, 0.4) is 0 Å². The molecule has 8 heteroatoms. The van der Waals surface area contributed by atoms with Crippen molar-refractivity contribution in [2.24, 2.45) is 0 Å². The van der Waals surface area contributed by atoms with Crippen molar-refractivity contribution in [3.63, 3.8) is 0 Å². The van der Waals surface area contributed by atoms with Gasteiger partial charge in [-0.15, -0.1) is 0 Å². The highest BCUT2D eigenvalue weighted by Gasteiger charge is 2.27. The quantitative estimate of drug-likeness (QED) is 0.714.